The monoisotopic (exact) mass is 437 g/mol. The van der Waals surface area contributed by atoms with E-state index in [2.05, 4.69) is 4.90 Å². The summed E-state index contributed by atoms with van der Waals surface area (Å²) in [7, 11) is 3.31. The molecule has 0 unspecified atom stereocenters. The number of nitrogens with zero attached hydrogens (tertiary/aromatic N) is 3. The summed E-state index contributed by atoms with van der Waals surface area (Å²) in [5.41, 5.74) is 7.31. The predicted octanol–water partition coefficient (Wildman–Crippen LogP) is 2.30. The molecule has 0 bridgehead atoms. The van der Waals surface area contributed by atoms with Crippen molar-refractivity contribution in [1.29, 1.82) is 5.41 Å². The van der Waals surface area contributed by atoms with E-state index in [4.69, 9.17) is 15.9 Å². The number of ether oxygens (including phenoxy) is 1. The van der Waals surface area contributed by atoms with Crippen molar-refractivity contribution in [2.45, 2.75) is 31.7 Å². The van der Waals surface area contributed by atoms with E-state index >= 15 is 0 Å². The number of esters is 1. The molecule has 0 radical (unpaired) electrons. The van der Waals surface area contributed by atoms with Crippen LogP contribution in [0, 0.1) is 11.3 Å². The highest BCUT2D eigenvalue weighted by Gasteiger charge is 2.32. The maximum Gasteiger partial charge on any atom is 0.320 e. The van der Waals surface area contributed by atoms with Crippen molar-refractivity contribution in [3.63, 3.8) is 0 Å². The van der Waals surface area contributed by atoms with Gasteiger partial charge in [-0.05, 0) is 49.9 Å². The van der Waals surface area contributed by atoms with Crippen LogP contribution in [0.25, 0.3) is 0 Å². The van der Waals surface area contributed by atoms with Gasteiger partial charge in [-0.25, -0.2) is 4.79 Å². The second-order valence-corrected chi connectivity index (χ2v) is 7.86. The average molecular weight is 438 g/mol. The van der Waals surface area contributed by atoms with Gasteiger partial charge in [-0.15, -0.1) is 12.4 Å². The molecule has 1 aromatic carbocycles. The normalized spacial score (nSPS) is 21.4. The molecule has 2 fully saturated rings. The number of hydrogen-bond acceptors (Lipinski definition) is 5. The van der Waals surface area contributed by atoms with Crippen LogP contribution in [0.2, 0.25) is 0 Å². The van der Waals surface area contributed by atoms with Crippen molar-refractivity contribution in [1.82, 2.24) is 9.80 Å². The average Bonchev–Trinajstić information content (AvgIpc) is 2.77. The summed E-state index contributed by atoms with van der Waals surface area (Å²) in [6.45, 7) is 2.90. The Balaban J connectivity index is 0.00000320. The third-order valence-electron chi connectivity index (χ3n) is 6.17. The molecule has 2 aliphatic rings. The van der Waals surface area contributed by atoms with Crippen molar-refractivity contribution in [3.8, 4) is 0 Å². The molecule has 9 heteroatoms. The number of nitrogens with two attached hydrogens (primary N) is 1. The Kier molecular flexibility index (Phi) is 8.34. The van der Waals surface area contributed by atoms with Gasteiger partial charge in [0.15, 0.2) is 0 Å². The van der Waals surface area contributed by atoms with Crippen LogP contribution in [0.15, 0.2) is 24.3 Å². The zero-order chi connectivity index (χ0) is 21.0. The maximum absolute atomic E-state index is 12.9. The lowest BCUT2D eigenvalue weighted by molar-refractivity contribution is -0.146. The van der Waals surface area contributed by atoms with E-state index in [0.29, 0.717) is 18.7 Å². The first-order valence-electron chi connectivity index (χ1n) is 10.2. The van der Waals surface area contributed by atoms with E-state index in [0.717, 1.165) is 44.5 Å². The number of amides is 2. The summed E-state index contributed by atoms with van der Waals surface area (Å²) >= 11 is 0. The second-order valence-electron chi connectivity index (χ2n) is 7.86. The highest BCUT2D eigenvalue weighted by atomic mass is 35.5. The van der Waals surface area contributed by atoms with Crippen LogP contribution in [-0.4, -0.2) is 74.0 Å². The van der Waals surface area contributed by atoms with Crippen LogP contribution >= 0.6 is 12.4 Å². The number of carbonyl (C=O) groups excluding carboxylic acids is 2. The van der Waals surface area contributed by atoms with Crippen LogP contribution in [0.3, 0.4) is 0 Å². The fraction of sp³-hybridized carbons (Fsp3) is 0.571. The molecule has 1 heterocycles. The summed E-state index contributed by atoms with van der Waals surface area (Å²) in [6, 6.07) is 7.90. The number of nitrogens with one attached hydrogen (secondary N) is 1. The first-order valence-corrected chi connectivity index (χ1v) is 10.2. The topological polar surface area (TPSA) is 103 Å². The number of anilines is 1. The lowest BCUT2D eigenvalue weighted by Gasteiger charge is -2.40. The molecule has 8 nitrogen and oxygen atoms in total. The molecular formula is C21H32ClN5O3. The van der Waals surface area contributed by atoms with Crippen LogP contribution in [0.4, 0.5) is 10.5 Å². The van der Waals surface area contributed by atoms with Gasteiger partial charge in [0.2, 0.25) is 0 Å². The van der Waals surface area contributed by atoms with E-state index < -0.39 is 0 Å². The van der Waals surface area contributed by atoms with Crippen molar-refractivity contribution >= 4 is 35.9 Å². The highest BCUT2D eigenvalue weighted by molar-refractivity contribution is 5.95. The summed E-state index contributed by atoms with van der Waals surface area (Å²) < 4.78 is 4.84. The molecule has 1 aliphatic carbocycles. The Morgan fingerprint density at radius 3 is 2.13 bits per heavy atom. The van der Waals surface area contributed by atoms with E-state index in [-0.39, 0.29) is 42.2 Å². The van der Waals surface area contributed by atoms with Gasteiger partial charge >= 0.3 is 12.0 Å². The number of urea groups is 1. The minimum absolute atomic E-state index is 0. The van der Waals surface area contributed by atoms with Gasteiger partial charge in [0, 0.05) is 50.5 Å². The molecule has 1 saturated heterocycles. The number of amidine groups is 1. The van der Waals surface area contributed by atoms with Crippen LogP contribution in [-0.2, 0) is 9.53 Å². The number of hydrogen-bond donors (Lipinski definition) is 2. The predicted molar refractivity (Wildman–Crippen MR) is 119 cm³/mol. The largest absolute Gasteiger partial charge is 0.469 e. The fourth-order valence-corrected chi connectivity index (χ4v) is 4.25. The van der Waals surface area contributed by atoms with E-state index in [1.807, 2.05) is 41.1 Å². The first kappa shape index (κ1) is 23.8. The minimum Gasteiger partial charge on any atom is -0.469 e. The number of benzene rings is 1. The zero-order valence-corrected chi connectivity index (χ0v) is 18.5. The molecule has 1 aliphatic heterocycles. The number of methoxy groups -OCH3 is 1. The SMILES string of the molecule is COC(=O)C1CCC(N(C)C(=O)N2CCN(c3ccc(C(=N)N)cc3)CC2)CC1.Cl. The molecule has 166 valence electrons. The van der Waals surface area contributed by atoms with Crippen molar-refractivity contribution in [2.75, 3.05) is 45.2 Å². The molecular weight excluding hydrogens is 406 g/mol. The summed E-state index contributed by atoms with van der Waals surface area (Å²) in [5.74, 6) is -0.0989. The van der Waals surface area contributed by atoms with Gasteiger partial charge in [0.25, 0.3) is 0 Å². The standard InChI is InChI=1S/C21H31N5O3.ClH/c1-24(17-7-5-16(6-8-17)20(27)29-2)21(28)26-13-11-25(12-14-26)18-9-3-15(4-10-18)19(22)23;/h3-4,9-10,16-17H,5-8,11-14H2,1-2H3,(H3,22,23);1H. The lowest BCUT2D eigenvalue weighted by atomic mass is 9.85. The molecule has 1 saturated carbocycles. The summed E-state index contributed by atoms with van der Waals surface area (Å²) in [6.07, 6.45) is 3.23. The number of nitrogen functional groups attached to an aromatic ring is 1. The van der Waals surface area contributed by atoms with E-state index in [1.54, 1.807) is 0 Å². The Morgan fingerprint density at radius 1 is 1.07 bits per heavy atom. The van der Waals surface area contributed by atoms with Crippen LogP contribution < -0.4 is 10.6 Å². The van der Waals surface area contributed by atoms with E-state index in [9.17, 15) is 9.59 Å². The van der Waals surface area contributed by atoms with Crippen LogP contribution in [0.1, 0.15) is 31.2 Å². The number of rotatable bonds is 4. The van der Waals surface area contributed by atoms with Gasteiger partial charge in [0.1, 0.15) is 5.84 Å². The minimum atomic E-state index is -0.134. The molecule has 0 atom stereocenters. The Hall–Kier alpha value is -2.48. The van der Waals surface area contributed by atoms with Gasteiger partial charge in [-0.1, -0.05) is 0 Å². The maximum atomic E-state index is 12.9. The number of piperazine rings is 1. The fourth-order valence-electron chi connectivity index (χ4n) is 4.25. The Labute approximate surface area is 184 Å². The number of carbonyl (C=O) groups is 2. The van der Waals surface area contributed by atoms with E-state index in [1.165, 1.54) is 7.11 Å². The highest BCUT2D eigenvalue weighted by Crippen LogP contribution is 2.28. The smallest absolute Gasteiger partial charge is 0.320 e. The summed E-state index contributed by atoms with van der Waals surface area (Å²) in [4.78, 5) is 30.6. The quantitative estimate of drug-likeness (QED) is 0.427. The van der Waals surface area contributed by atoms with Crippen molar-refractivity contribution in [3.05, 3.63) is 29.8 Å². The van der Waals surface area contributed by atoms with Crippen LogP contribution in [0.5, 0.6) is 0 Å². The third kappa shape index (κ3) is 5.36. The Bertz CT molecular complexity index is 742. The molecule has 0 spiro atoms. The number of halogens is 1. The molecule has 0 aromatic heterocycles. The second kappa shape index (κ2) is 10.5. The lowest BCUT2D eigenvalue weighted by Crippen LogP contribution is -2.54. The molecule has 3 rings (SSSR count). The van der Waals surface area contributed by atoms with Gasteiger partial charge in [0.05, 0.1) is 13.0 Å². The molecule has 3 N–H and O–H groups in total. The van der Waals surface area contributed by atoms with Gasteiger partial charge in [-0.2, -0.15) is 0 Å². The molecule has 30 heavy (non-hydrogen) atoms. The summed E-state index contributed by atoms with van der Waals surface area (Å²) in [5, 5.41) is 7.48. The third-order valence-corrected chi connectivity index (χ3v) is 6.17. The van der Waals surface area contributed by atoms with Gasteiger partial charge in [-0.3, -0.25) is 10.2 Å². The first-order chi connectivity index (χ1) is 13.9. The molecule has 2 amide bonds. The molecule has 1 aromatic rings. The van der Waals surface area contributed by atoms with Crippen molar-refractivity contribution < 1.29 is 14.3 Å². The zero-order valence-electron chi connectivity index (χ0n) is 17.7. The van der Waals surface area contributed by atoms with Gasteiger partial charge < -0.3 is 25.2 Å². The van der Waals surface area contributed by atoms with Crippen molar-refractivity contribution in [2.24, 2.45) is 11.7 Å². The Morgan fingerprint density at radius 2 is 1.63 bits per heavy atom.